The van der Waals surface area contributed by atoms with Crippen LogP contribution in [0.2, 0.25) is 0 Å². The van der Waals surface area contributed by atoms with Gasteiger partial charge in [-0.2, -0.15) is 0 Å². The van der Waals surface area contributed by atoms with Crippen LogP contribution in [0.1, 0.15) is 87.0 Å². The number of unbranched alkanes of at least 4 members (excludes halogenated alkanes) is 3. The first-order valence-electron chi connectivity index (χ1n) is 13.7. The molecule has 1 aliphatic carbocycles. The Kier molecular flexibility index (Phi) is 10.1. The number of amides is 5. The van der Waals surface area contributed by atoms with Crippen molar-refractivity contribution in [1.29, 1.82) is 0 Å². The minimum Gasteiger partial charge on any atom is -0.363 e. The number of fused-ring (bicyclic) bond motifs is 1. The highest BCUT2D eigenvalue weighted by Crippen LogP contribution is 2.65. The van der Waals surface area contributed by atoms with Gasteiger partial charge in [-0.15, -0.1) is 0 Å². The predicted molar refractivity (Wildman–Crippen MR) is 141 cm³/mol. The highest BCUT2D eigenvalue weighted by Gasteiger charge is 2.69. The van der Waals surface area contributed by atoms with Gasteiger partial charge in [0.1, 0.15) is 12.1 Å². The number of carbonyl (C=O) groups is 5. The third kappa shape index (κ3) is 7.23. The van der Waals surface area contributed by atoms with Gasteiger partial charge in [0.05, 0.1) is 6.04 Å². The Balaban J connectivity index is 2.20. The van der Waals surface area contributed by atoms with Crippen LogP contribution in [-0.4, -0.2) is 65.7 Å². The molecule has 37 heavy (non-hydrogen) atoms. The van der Waals surface area contributed by atoms with E-state index >= 15 is 0 Å². The van der Waals surface area contributed by atoms with Crippen LogP contribution in [0.3, 0.4) is 0 Å². The van der Waals surface area contributed by atoms with E-state index in [1.807, 2.05) is 27.7 Å². The number of nitrogens with zero attached hydrogens (tertiary/aromatic N) is 1. The van der Waals surface area contributed by atoms with Crippen molar-refractivity contribution in [2.75, 3.05) is 13.1 Å². The van der Waals surface area contributed by atoms with Gasteiger partial charge in [-0.1, -0.05) is 74.1 Å². The van der Waals surface area contributed by atoms with Crippen molar-refractivity contribution in [2.45, 2.75) is 105 Å². The Morgan fingerprint density at radius 3 is 2.19 bits per heavy atom. The van der Waals surface area contributed by atoms with Gasteiger partial charge >= 0.3 is 6.03 Å². The fourth-order valence-electron chi connectivity index (χ4n) is 5.55. The molecule has 1 unspecified atom stereocenters. The molecule has 0 radical (unpaired) electrons. The van der Waals surface area contributed by atoms with Crippen LogP contribution in [0.5, 0.6) is 0 Å². The van der Waals surface area contributed by atoms with Crippen molar-refractivity contribution < 1.29 is 24.0 Å². The van der Waals surface area contributed by atoms with Gasteiger partial charge in [-0.3, -0.25) is 19.2 Å². The Hall–Kier alpha value is -2.65. The molecule has 0 spiro atoms. The van der Waals surface area contributed by atoms with Gasteiger partial charge in [0, 0.05) is 13.1 Å². The average Bonchev–Trinajstić information content (AvgIpc) is 3.14. The number of nitrogens with two attached hydrogens (primary N) is 1. The summed E-state index contributed by atoms with van der Waals surface area (Å²) in [6.07, 6.45) is 4.94. The lowest BCUT2D eigenvalue weighted by molar-refractivity contribution is -0.145. The first-order chi connectivity index (χ1) is 17.2. The van der Waals surface area contributed by atoms with Crippen LogP contribution in [-0.2, 0) is 19.2 Å². The Labute approximate surface area is 221 Å². The van der Waals surface area contributed by atoms with Crippen LogP contribution in [0.25, 0.3) is 0 Å². The van der Waals surface area contributed by atoms with Crippen molar-refractivity contribution in [3.8, 4) is 0 Å². The van der Waals surface area contributed by atoms with Crippen molar-refractivity contribution in [3.63, 3.8) is 0 Å². The number of primary amides is 1. The molecule has 2 rings (SSSR count). The fourth-order valence-corrected chi connectivity index (χ4v) is 5.55. The first kappa shape index (κ1) is 30.6. The molecule has 1 saturated carbocycles. The molecule has 10 nitrogen and oxygen atoms in total. The number of Topliss-reactive ketones (excluding diaryl/α,β-unsaturated/α-hetero) is 1. The number of hydrogen-bond donors (Lipinski definition) is 4. The number of rotatable bonds is 13. The number of carbonyl (C=O) groups excluding carboxylic acids is 5. The molecule has 1 saturated heterocycles. The van der Waals surface area contributed by atoms with E-state index in [-0.39, 0.29) is 29.6 Å². The molecule has 5 amide bonds. The SMILES string of the molecule is CCCCCCNC(=O)N[C@H](C(=O)N1C[C@H]2[C@@H]([C@H]1C(=O)NC(CCC)C(=O)C(N)=O)C2(C)C)C(C)(C)C. The van der Waals surface area contributed by atoms with Crippen molar-refractivity contribution in [1.82, 2.24) is 20.9 Å². The Morgan fingerprint density at radius 1 is 1.00 bits per heavy atom. The lowest BCUT2D eigenvalue weighted by Crippen LogP contribution is -2.61. The second kappa shape index (κ2) is 12.3. The smallest absolute Gasteiger partial charge is 0.315 e. The number of ketones is 1. The van der Waals surface area contributed by atoms with E-state index in [1.165, 1.54) is 0 Å². The molecule has 0 aromatic heterocycles. The van der Waals surface area contributed by atoms with Crippen LogP contribution >= 0.6 is 0 Å². The largest absolute Gasteiger partial charge is 0.363 e. The van der Waals surface area contributed by atoms with E-state index in [0.717, 1.165) is 25.7 Å². The molecule has 2 aliphatic rings. The summed E-state index contributed by atoms with van der Waals surface area (Å²) in [6, 6.07) is -3.08. The summed E-state index contributed by atoms with van der Waals surface area (Å²) in [6.45, 7) is 14.6. The van der Waals surface area contributed by atoms with Crippen LogP contribution in [0, 0.1) is 22.7 Å². The van der Waals surface area contributed by atoms with Crippen molar-refractivity contribution in [2.24, 2.45) is 28.4 Å². The molecule has 5 N–H and O–H groups in total. The summed E-state index contributed by atoms with van der Waals surface area (Å²) in [5.74, 6) is -2.67. The minimum absolute atomic E-state index is 0.0737. The number of hydrogen-bond acceptors (Lipinski definition) is 5. The zero-order valence-corrected chi connectivity index (χ0v) is 23.6. The lowest BCUT2D eigenvalue weighted by Gasteiger charge is -2.37. The van der Waals surface area contributed by atoms with Crippen molar-refractivity contribution >= 4 is 29.5 Å². The van der Waals surface area contributed by atoms with Gasteiger partial charge in [0.25, 0.3) is 5.91 Å². The number of piperidine rings is 1. The van der Waals surface area contributed by atoms with Gasteiger partial charge < -0.3 is 26.6 Å². The number of likely N-dealkylation sites (tertiary alicyclic amines) is 1. The Bertz CT molecular complexity index is 881. The summed E-state index contributed by atoms with van der Waals surface area (Å²) < 4.78 is 0. The second-order valence-electron chi connectivity index (χ2n) is 12.2. The Morgan fingerprint density at radius 2 is 1.65 bits per heavy atom. The minimum atomic E-state index is -1.10. The molecular formula is C27H47N5O5. The zero-order chi connectivity index (χ0) is 28.1. The van der Waals surface area contributed by atoms with E-state index in [9.17, 15) is 24.0 Å². The summed E-state index contributed by atoms with van der Waals surface area (Å²) >= 11 is 0. The summed E-state index contributed by atoms with van der Waals surface area (Å²) in [4.78, 5) is 65.4. The first-order valence-corrected chi connectivity index (χ1v) is 13.7. The highest BCUT2D eigenvalue weighted by molar-refractivity contribution is 6.37. The molecule has 210 valence electrons. The van der Waals surface area contributed by atoms with E-state index < -0.39 is 47.2 Å². The van der Waals surface area contributed by atoms with Gasteiger partial charge in [-0.05, 0) is 35.5 Å². The number of urea groups is 1. The standard InChI is InChI=1S/C27H47N5O5/c1-8-10-11-12-14-29-25(37)31-21(26(3,4)5)24(36)32-15-16-18(27(16,6)7)19(32)23(35)30-17(13-9-2)20(33)22(28)34/h16-19,21H,8-15H2,1-7H3,(H2,28,34)(H,30,35)(H2,29,31,37)/t16-,17?,18-,19-,21+/m0/s1. The van der Waals surface area contributed by atoms with Crippen molar-refractivity contribution in [3.05, 3.63) is 0 Å². The van der Waals surface area contributed by atoms with E-state index in [4.69, 9.17) is 5.73 Å². The average molecular weight is 522 g/mol. The number of nitrogens with one attached hydrogen (secondary N) is 3. The summed E-state index contributed by atoms with van der Waals surface area (Å²) in [5.41, 5.74) is 4.46. The fraction of sp³-hybridized carbons (Fsp3) is 0.815. The molecular weight excluding hydrogens is 474 g/mol. The molecule has 1 heterocycles. The summed E-state index contributed by atoms with van der Waals surface area (Å²) in [7, 11) is 0. The predicted octanol–water partition coefficient (Wildman–Crippen LogP) is 2.10. The quantitative estimate of drug-likeness (QED) is 0.216. The lowest BCUT2D eigenvalue weighted by atomic mass is 9.85. The highest BCUT2D eigenvalue weighted by atomic mass is 16.2. The molecule has 1 aliphatic heterocycles. The molecule has 0 bridgehead atoms. The van der Waals surface area contributed by atoms with E-state index in [1.54, 1.807) is 4.90 Å². The topological polar surface area (TPSA) is 151 Å². The molecule has 10 heteroatoms. The maximum absolute atomic E-state index is 13.9. The summed E-state index contributed by atoms with van der Waals surface area (Å²) in [5, 5.41) is 8.38. The van der Waals surface area contributed by atoms with Crippen LogP contribution < -0.4 is 21.7 Å². The normalized spacial score (nSPS) is 23.4. The van der Waals surface area contributed by atoms with Crippen LogP contribution in [0.15, 0.2) is 0 Å². The molecule has 0 aromatic rings. The van der Waals surface area contributed by atoms with E-state index in [2.05, 4.69) is 36.7 Å². The maximum atomic E-state index is 13.9. The van der Waals surface area contributed by atoms with Crippen LogP contribution in [0.4, 0.5) is 4.79 Å². The maximum Gasteiger partial charge on any atom is 0.315 e. The third-order valence-electron chi connectivity index (χ3n) is 7.92. The molecule has 5 atom stereocenters. The zero-order valence-electron chi connectivity index (χ0n) is 23.6. The molecule has 2 fully saturated rings. The molecule has 0 aromatic carbocycles. The monoisotopic (exact) mass is 521 g/mol. The second-order valence-corrected chi connectivity index (χ2v) is 12.2. The van der Waals surface area contributed by atoms with E-state index in [0.29, 0.717) is 19.5 Å². The van der Waals surface area contributed by atoms with Gasteiger partial charge in [0.15, 0.2) is 0 Å². The third-order valence-corrected chi connectivity index (χ3v) is 7.92. The van der Waals surface area contributed by atoms with Gasteiger partial charge in [-0.25, -0.2) is 4.79 Å². The van der Waals surface area contributed by atoms with Gasteiger partial charge in [0.2, 0.25) is 17.6 Å².